The summed E-state index contributed by atoms with van der Waals surface area (Å²) in [7, 11) is -0.752. The molecule has 0 aliphatic carbocycles. The maximum atomic E-state index is 12.1. The van der Waals surface area contributed by atoms with Gasteiger partial charge in [0.15, 0.2) is 0 Å². The van der Waals surface area contributed by atoms with E-state index >= 15 is 0 Å². The number of ether oxygens (including phenoxy) is 1. The smallest absolute Gasteiger partial charge is 0.337 e. The van der Waals surface area contributed by atoms with Crippen LogP contribution >= 0.6 is 0 Å². The van der Waals surface area contributed by atoms with Crippen LogP contribution in [0, 0.1) is 0 Å². The highest BCUT2D eigenvalue weighted by Crippen LogP contribution is 2.20. The third kappa shape index (κ3) is 3.92. The van der Waals surface area contributed by atoms with Crippen molar-refractivity contribution < 1.29 is 23.1 Å². The third-order valence-electron chi connectivity index (χ3n) is 2.57. The summed E-state index contributed by atoms with van der Waals surface area (Å²) in [4.78, 5) is 11.0. The average molecular weight is 302 g/mol. The van der Waals surface area contributed by atoms with E-state index in [1.165, 1.54) is 19.2 Å². The number of benzene rings is 1. The first-order valence-electron chi connectivity index (χ1n) is 5.88. The maximum absolute atomic E-state index is 12.1. The van der Waals surface area contributed by atoms with E-state index in [0.29, 0.717) is 5.69 Å². The minimum atomic E-state index is -3.78. The van der Waals surface area contributed by atoms with Crippen molar-refractivity contribution in [1.82, 2.24) is 4.72 Å². The van der Waals surface area contributed by atoms with Crippen molar-refractivity contribution in [1.29, 1.82) is 0 Å². The number of hydrogen-bond donors (Lipinski definition) is 3. The van der Waals surface area contributed by atoms with Crippen LogP contribution in [0.25, 0.3) is 0 Å². The SMILES string of the molecule is CNc1ccc(S(=O)(=O)N[C@@H](C)COC)cc1C(=O)O. The molecule has 3 N–H and O–H groups in total. The Hall–Kier alpha value is -1.64. The summed E-state index contributed by atoms with van der Waals surface area (Å²) >= 11 is 0. The van der Waals surface area contributed by atoms with Crippen LogP contribution in [0.4, 0.5) is 5.69 Å². The molecule has 0 aliphatic rings. The maximum Gasteiger partial charge on any atom is 0.337 e. The minimum Gasteiger partial charge on any atom is -0.478 e. The van der Waals surface area contributed by atoms with Crippen molar-refractivity contribution in [3.05, 3.63) is 23.8 Å². The molecule has 7 nitrogen and oxygen atoms in total. The number of rotatable bonds is 7. The number of aromatic carboxylic acids is 1. The lowest BCUT2D eigenvalue weighted by molar-refractivity contribution is 0.0697. The lowest BCUT2D eigenvalue weighted by atomic mass is 10.2. The normalized spacial score (nSPS) is 12.9. The molecule has 0 radical (unpaired) electrons. The van der Waals surface area contributed by atoms with E-state index in [9.17, 15) is 13.2 Å². The van der Waals surface area contributed by atoms with Crippen molar-refractivity contribution in [3.8, 4) is 0 Å². The van der Waals surface area contributed by atoms with Crippen LogP contribution < -0.4 is 10.0 Å². The number of methoxy groups -OCH3 is 1. The molecule has 0 saturated heterocycles. The number of nitrogens with one attached hydrogen (secondary N) is 2. The molecule has 0 spiro atoms. The number of sulfonamides is 1. The van der Waals surface area contributed by atoms with Gasteiger partial charge < -0.3 is 15.2 Å². The zero-order valence-electron chi connectivity index (χ0n) is 11.5. The van der Waals surface area contributed by atoms with Gasteiger partial charge in [-0.3, -0.25) is 0 Å². The number of hydrogen-bond acceptors (Lipinski definition) is 5. The van der Waals surface area contributed by atoms with Gasteiger partial charge in [0.25, 0.3) is 0 Å². The van der Waals surface area contributed by atoms with Crippen molar-refractivity contribution in [2.24, 2.45) is 0 Å². The van der Waals surface area contributed by atoms with E-state index in [1.54, 1.807) is 14.0 Å². The van der Waals surface area contributed by atoms with Gasteiger partial charge in [-0.15, -0.1) is 0 Å². The Morgan fingerprint density at radius 3 is 2.60 bits per heavy atom. The molecule has 0 aliphatic heterocycles. The van der Waals surface area contributed by atoms with Gasteiger partial charge in [-0.05, 0) is 25.1 Å². The zero-order chi connectivity index (χ0) is 15.3. The second-order valence-electron chi connectivity index (χ2n) is 4.24. The lowest BCUT2D eigenvalue weighted by Crippen LogP contribution is -2.35. The largest absolute Gasteiger partial charge is 0.478 e. The molecule has 0 bridgehead atoms. The Bertz CT molecular complexity index is 586. The van der Waals surface area contributed by atoms with Crippen LogP contribution in [0.5, 0.6) is 0 Å². The van der Waals surface area contributed by atoms with E-state index in [0.717, 1.165) is 6.07 Å². The predicted molar refractivity (Wildman–Crippen MR) is 74.6 cm³/mol. The van der Waals surface area contributed by atoms with Gasteiger partial charge in [-0.2, -0.15) is 0 Å². The molecular formula is C12H18N2O5S. The summed E-state index contributed by atoms with van der Waals surface area (Å²) in [5, 5.41) is 11.8. The fourth-order valence-corrected chi connectivity index (χ4v) is 2.96. The van der Waals surface area contributed by atoms with Crippen LogP contribution in [-0.4, -0.2) is 46.3 Å². The minimum absolute atomic E-state index is 0.100. The van der Waals surface area contributed by atoms with Gasteiger partial charge in [-0.1, -0.05) is 0 Å². The highest BCUT2D eigenvalue weighted by molar-refractivity contribution is 7.89. The summed E-state index contributed by atoms with van der Waals surface area (Å²) in [5.74, 6) is -1.20. The zero-order valence-corrected chi connectivity index (χ0v) is 12.3. The van der Waals surface area contributed by atoms with Gasteiger partial charge in [0.1, 0.15) is 0 Å². The first kappa shape index (κ1) is 16.4. The Balaban J connectivity index is 3.13. The van der Waals surface area contributed by atoms with Crippen molar-refractivity contribution in [2.45, 2.75) is 17.9 Å². The second kappa shape index (κ2) is 6.69. The summed E-state index contributed by atoms with van der Waals surface area (Å²) in [6.45, 7) is 1.88. The molecule has 0 saturated carbocycles. The van der Waals surface area contributed by atoms with Gasteiger partial charge in [0.05, 0.1) is 17.1 Å². The average Bonchev–Trinajstić information content (AvgIpc) is 2.37. The molecule has 0 fully saturated rings. The number of carbonyl (C=O) groups is 1. The second-order valence-corrected chi connectivity index (χ2v) is 5.95. The standard InChI is InChI=1S/C12H18N2O5S/c1-8(7-19-3)14-20(17,18)9-4-5-11(13-2)10(6-9)12(15)16/h4-6,8,13-14H,7H2,1-3H3,(H,15,16)/t8-/m0/s1. The Morgan fingerprint density at radius 1 is 1.45 bits per heavy atom. The molecule has 0 aromatic heterocycles. The first-order valence-corrected chi connectivity index (χ1v) is 7.36. The van der Waals surface area contributed by atoms with Gasteiger partial charge in [0.2, 0.25) is 10.0 Å². The van der Waals surface area contributed by atoms with Crippen LogP contribution in [0.2, 0.25) is 0 Å². The highest BCUT2D eigenvalue weighted by Gasteiger charge is 2.20. The Labute approximate surface area is 118 Å². The molecule has 0 unspecified atom stereocenters. The van der Waals surface area contributed by atoms with Crippen LogP contribution in [0.1, 0.15) is 17.3 Å². The molecule has 0 amide bonds. The topological polar surface area (TPSA) is 105 Å². The lowest BCUT2D eigenvalue weighted by Gasteiger charge is -2.14. The number of carboxylic acid groups (broad SMARTS) is 1. The summed E-state index contributed by atoms with van der Waals surface area (Å²) in [5.41, 5.74) is 0.246. The van der Waals surface area contributed by atoms with E-state index in [4.69, 9.17) is 9.84 Å². The Morgan fingerprint density at radius 2 is 2.10 bits per heavy atom. The van der Waals surface area contributed by atoms with Gasteiger partial charge in [0, 0.05) is 25.9 Å². The molecule has 1 aromatic carbocycles. The first-order chi connectivity index (χ1) is 9.31. The monoisotopic (exact) mass is 302 g/mol. The summed E-state index contributed by atoms with van der Waals surface area (Å²) in [6.07, 6.45) is 0. The molecule has 0 heterocycles. The van der Waals surface area contributed by atoms with Crippen molar-refractivity contribution in [3.63, 3.8) is 0 Å². The van der Waals surface area contributed by atoms with E-state index in [-0.39, 0.29) is 17.1 Å². The van der Waals surface area contributed by atoms with Crippen LogP contribution in [0.3, 0.4) is 0 Å². The molecule has 1 aromatic rings. The number of carboxylic acids is 1. The van der Waals surface area contributed by atoms with Crippen LogP contribution in [-0.2, 0) is 14.8 Å². The predicted octanol–water partition coefficient (Wildman–Crippen LogP) is 0.740. The van der Waals surface area contributed by atoms with E-state index in [2.05, 4.69) is 10.0 Å². The third-order valence-corrected chi connectivity index (χ3v) is 4.16. The van der Waals surface area contributed by atoms with Gasteiger partial charge >= 0.3 is 5.97 Å². The molecule has 20 heavy (non-hydrogen) atoms. The summed E-state index contributed by atoms with van der Waals surface area (Å²) in [6, 6.07) is 3.47. The fourth-order valence-electron chi connectivity index (χ4n) is 1.70. The molecule has 8 heteroatoms. The van der Waals surface area contributed by atoms with E-state index in [1.807, 2.05) is 0 Å². The van der Waals surface area contributed by atoms with E-state index < -0.39 is 22.0 Å². The molecule has 1 atom stereocenters. The quantitative estimate of drug-likeness (QED) is 0.686. The Kier molecular flexibility index (Phi) is 5.49. The fraction of sp³-hybridized carbons (Fsp3) is 0.417. The summed E-state index contributed by atoms with van der Waals surface area (Å²) < 4.78 is 31.5. The molecule has 112 valence electrons. The van der Waals surface area contributed by atoms with Crippen molar-refractivity contribution in [2.75, 3.05) is 26.1 Å². The molecular weight excluding hydrogens is 284 g/mol. The molecule has 1 rings (SSSR count). The highest BCUT2D eigenvalue weighted by atomic mass is 32.2. The van der Waals surface area contributed by atoms with Crippen LogP contribution in [0.15, 0.2) is 23.1 Å². The van der Waals surface area contributed by atoms with Crippen molar-refractivity contribution >= 4 is 21.7 Å². The number of anilines is 1. The van der Waals surface area contributed by atoms with Gasteiger partial charge in [-0.25, -0.2) is 17.9 Å².